The summed E-state index contributed by atoms with van der Waals surface area (Å²) in [6.45, 7) is -0.00766. The van der Waals surface area contributed by atoms with E-state index < -0.39 is 27.7 Å². The Hall–Kier alpha value is -2.12. The van der Waals surface area contributed by atoms with Crippen LogP contribution in [0.1, 0.15) is 12.0 Å². The van der Waals surface area contributed by atoms with Crippen molar-refractivity contribution in [3.8, 4) is 0 Å². The SMILES string of the molecule is O=C(Nc1ccc(Cl)cc1)N(Cc1ccccc1F)C1CCS(=O)(=O)C1. The largest absolute Gasteiger partial charge is 0.322 e. The highest BCUT2D eigenvalue weighted by molar-refractivity contribution is 7.91. The molecule has 1 heterocycles. The van der Waals surface area contributed by atoms with E-state index in [4.69, 9.17) is 11.6 Å². The van der Waals surface area contributed by atoms with Gasteiger partial charge < -0.3 is 10.2 Å². The van der Waals surface area contributed by atoms with Crippen molar-refractivity contribution >= 4 is 33.2 Å². The van der Waals surface area contributed by atoms with Crippen LogP contribution in [-0.2, 0) is 16.4 Å². The minimum absolute atomic E-state index is 0.00766. The van der Waals surface area contributed by atoms with E-state index in [1.807, 2.05) is 0 Å². The van der Waals surface area contributed by atoms with E-state index in [2.05, 4.69) is 5.32 Å². The van der Waals surface area contributed by atoms with Crippen LogP contribution in [0.5, 0.6) is 0 Å². The molecule has 1 N–H and O–H groups in total. The number of halogens is 2. The molecule has 26 heavy (non-hydrogen) atoms. The topological polar surface area (TPSA) is 66.5 Å². The molecule has 2 aromatic rings. The smallest absolute Gasteiger partial charge is 0.316 e. The second kappa shape index (κ2) is 7.63. The number of rotatable bonds is 4. The molecule has 3 rings (SSSR count). The summed E-state index contributed by atoms with van der Waals surface area (Å²) in [5.41, 5.74) is 0.863. The van der Waals surface area contributed by atoms with Crippen molar-refractivity contribution in [2.45, 2.75) is 19.0 Å². The fourth-order valence-corrected chi connectivity index (χ4v) is 4.78. The first-order valence-corrected chi connectivity index (χ1v) is 10.3. The number of hydrogen-bond donors (Lipinski definition) is 1. The number of benzene rings is 2. The zero-order valence-electron chi connectivity index (χ0n) is 13.9. The lowest BCUT2D eigenvalue weighted by atomic mass is 10.1. The van der Waals surface area contributed by atoms with E-state index in [1.54, 1.807) is 42.5 Å². The molecule has 1 aliphatic heterocycles. The number of hydrogen-bond acceptors (Lipinski definition) is 3. The fraction of sp³-hybridized carbons (Fsp3) is 0.278. The number of urea groups is 1. The average molecular weight is 397 g/mol. The molecule has 2 amide bonds. The van der Waals surface area contributed by atoms with Crippen LogP contribution in [0, 0.1) is 5.82 Å². The molecule has 2 aromatic carbocycles. The minimum atomic E-state index is -3.19. The van der Waals surface area contributed by atoms with Crippen molar-refractivity contribution in [1.82, 2.24) is 4.90 Å². The van der Waals surface area contributed by atoms with Gasteiger partial charge in [-0.1, -0.05) is 29.8 Å². The number of sulfone groups is 1. The van der Waals surface area contributed by atoms with E-state index >= 15 is 0 Å². The Bertz CT molecular complexity index is 903. The Morgan fingerprint density at radius 3 is 2.50 bits per heavy atom. The summed E-state index contributed by atoms with van der Waals surface area (Å²) < 4.78 is 37.7. The molecule has 0 aliphatic carbocycles. The second-order valence-corrected chi connectivity index (χ2v) is 8.88. The monoisotopic (exact) mass is 396 g/mol. The molecule has 1 saturated heterocycles. The van der Waals surface area contributed by atoms with E-state index in [-0.39, 0.29) is 18.1 Å². The Morgan fingerprint density at radius 2 is 1.88 bits per heavy atom. The third kappa shape index (κ3) is 4.53. The van der Waals surface area contributed by atoms with Gasteiger partial charge in [0.25, 0.3) is 0 Å². The van der Waals surface area contributed by atoms with Crippen LogP contribution in [0.25, 0.3) is 0 Å². The molecule has 0 bridgehead atoms. The zero-order chi connectivity index (χ0) is 18.7. The van der Waals surface area contributed by atoms with Crippen LogP contribution < -0.4 is 5.32 Å². The van der Waals surface area contributed by atoms with Gasteiger partial charge in [0, 0.05) is 22.3 Å². The summed E-state index contributed by atoms with van der Waals surface area (Å²) in [7, 11) is -3.19. The Labute approximate surface area is 156 Å². The normalized spacial score (nSPS) is 18.5. The van der Waals surface area contributed by atoms with Crippen LogP contribution in [0.15, 0.2) is 48.5 Å². The quantitative estimate of drug-likeness (QED) is 0.856. The third-order valence-corrected chi connectivity index (χ3v) is 6.31. The third-order valence-electron chi connectivity index (χ3n) is 4.30. The lowest BCUT2D eigenvalue weighted by molar-refractivity contribution is 0.189. The van der Waals surface area contributed by atoms with Gasteiger partial charge in [-0.15, -0.1) is 0 Å². The van der Waals surface area contributed by atoms with Gasteiger partial charge in [0.2, 0.25) is 0 Å². The maximum Gasteiger partial charge on any atom is 0.322 e. The molecule has 1 unspecified atom stereocenters. The number of carbonyl (C=O) groups is 1. The predicted octanol–water partition coefficient (Wildman–Crippen LogP) is 3.70. The van der Waals surface area contributed by atoms with Crippen LogP contribution in [0.2, 0.25) is 5.02 Å². The van der Waals surface area contributed by atoms with Gasteiger partial charge in [-0.05, 0) is 36.8 Å². The van der Waals surface area contributed by atoms with Crippen molar-refractivity contribution in [3.63, 3.8) is 0 Å². The molecule has 0 saturated carbocycles. The molecule has 138 valence electrons. The van der Waals surface area contributed by atoms with Crippen molar-refractivity contribution in [2.75, 3.05) is 16.8 Å². The van der Waals surface area contributed by atoms with Crippen molar-refractivity contribution < 1.29 is 17.6 Å². The van der Waals surface area contributed by atoms with E-state index in [9.17, 15) is 17.6 Å². The van der Waals surface area contributed by atoms with Crippen LogP contribution in [0.3, 0.4) is 0 Å². The van der Waals surface area contributed by atoms with Crippen LogP contribution >= 0.6 is 11.6 Å². The summed E-state index contributed by atoms with van der Waals surface area (Å²) >= 11 is 5.84. The Morgan fingerprint density at radius 1 is 1.19 bits per heavy atom. The standard InChI is InChI=1S/C18H18ClFN2O3S/c19-14-5-7-15(8-6-14)21-18(23)22(16-9-10-26(24,25)12-16)11-13-3-1-2-4-17(13)20/h1-8,16H,9-12H2,(H,21,23). The van der Waals surface area contributed by atoms with Gasteiger partial charge in [0.1, 0.15) is 5.82 Å². The summed E-state index contributed by atoms with van der Waals surface area (Å²) in [4.78, 5) is 14.2. The molecular formula is C18H18ClFN2O3S. The van der Waals surface area contributed by atoms with Crippen molar-refractivity contribution in [3.05, 3.63) is 64.9 Å². The van der Waals surface area contributed by atoms with E-state index in [0.29, 0.717) is 22.7 Å². The summed E-state index contributed by atoms with van der Waals surface area (Å²) in [5, 5.41) is 3.26. The average Bonchev–Trinajstić information content (AvgIpc) is 2.95. The predicted molar refractivity (Wildman–Crippen MR) is 99.5 cm³/mol. The highest BCUT2D eigenvalue weighted by atomic mass is 35.5. The maximum absolute atomic E-state index is 14.0. The molecule has 8 heteroatoms. The van der Waals surface area contributed by atoms with Gasteiger partial charge in [-0.25, -0.2) is 17.6 Å². The Balaban J connectivity index is 1.83. The first-order chi connectivity index (χ1) is 12.3. The van der Waals surface area contributed by atoms with Gasteiger partial charge >= 0.3 is 6.03 Å². The van der Waals surface area contributed by atoms with Crippen LogP contribution in [0.4, 0.5) is 14.9 Å². The minimum Gasteiger partial charge on any atom is -0.316 e. The molecule has 1 aliphatic rings. The molecule has 0 spiro atoms. The highest BCUT2D eigenvalue weighted by Gasteiger charge is 2.35. The zero-order valence-corrected chi connectivity index (χ0v) is 15.4. The van der Waals surface area contributed by atoms with Gasteiger partial charge in [-0.3, -0.25) is 0 Å². The van der Waals surface area contributed by atoms with Gasteiger partial charge in [-0.2, -0.15) is 0 Å². The number of nitrogens with one attached hydrogen (secondary N) is 1. The second-order valence-electron chi connectivity index (χ2n) is 6.21. The van der Waals surface area contributed by atoms with Crippen LogP contribution in [-0.4, -0.2) is 36.9 Å². The summed E-state index contributed by atoms with van der Waals surface area (Å²) in [6, 6.07) is 11.7. The Kier molecular flexibility index (Phi) is 5.48. The first kappa shape index (κ1) is 18.7. The number of amides is 2. The van der Waals surface area contributed by atoms with E-state index in [0.717, 1.165) is 0 Å². The number of anilines is 1. The lowest BCUT2D eigenvalue weighted by Crippen LogP contribution is -2.43. The molecule has 1 fully saturated rings. The summed E-state index contributed by atoms with van der Waals surface area (Å²) in [6.07, 6.45) is 0.338. The maximum atomic E-state index is 14.0. The first-order valence-electron chi connectivity index (χ1n) is 8.11. The lowest BCUT2D eigenvalue weighted by Gasteiger charge is -2.28. The number of nitrogens with zero attached hydrogens (tertiary/aromatic N) is 1. The van der Waals surface area contributed by atoms with E-state index in [1.165, 1.54) is 11.0 Å². The highest BCUT2D eigenvalue weighted by Crippen LogP contribution is 2.23. The van der Waals surface area contributed by atoms with Crippen molar-refractivity contribution in [2.24, 2.45) is 0 Å². The van der Waals surface area contributed by atoms with Gasteiger partial charge in [0.05, 0.1) is 18.1 Å². The summed E-state index contributed by atoms with van der Waals surface area (Å²) in [5.74, 6) is -0.521. The molecular weight excluding hydrogens is 379 g/mol. The fourth-order valence-electron chi connectivity index (χ4n) is 2.93. The molecule has 0 radical (unpaired) electrons. The van der Waals surface area contributed by atoms with Gasteiger partial charge in [0.15, 0.2) is 9.84 Å². The molecule has 5 nitrogen and oxygen atoms in total. The number of carbonyl (C=O) groups excluding carboxylic acids is 1. The molecule has 0 aromatic heterocycles. The molecule has 1 atom stereocenters. The van der Waals surface area contributed by atoms with Crippen molar-refractivity contribution in [1.29, 1.82) is 0 Å².